The first-order valence-corrected chi connectivity index (χ1v) is 0. The van der Waals surface area contributed by atoms with Gasteiger partial charge in [0.15, 0.2) is 0 Å². The van der Waals surface area contributed by atoms with Crippen LogP contribution in [0.4, 0.5) is 0 Å². The minimum atomic E-state index is 0. The minimum absolute atomic E-state index is 0. The maximum atomic E-state index is 0. The molecule has 0 saturated carbocycles. The molecule has 0 unspecified atom stereocenters. The molecule has 0 nitrogen and oxygen atoms in total. The molecule has 0 saturated heterocycles. The molecule has 0 rings (SSSR count). The van der Waals surface area contributed by atoms with Crippen molar-refractivity contribution in [2.75, 3.05) is 0 Å². The molecule has 4 heteroatoms. The van der Waals surface area contributed by atoms with Crippen molar-refractivity contribution >= 4 is 49.8 Å². The Hall–Kier alpha value is 3.03. The maximum absolute atomic E-state index is 0. The standard InChI is InChI=1S/Ag.In.Sn.Zn.7H. The summed E-state index contributed by atoms with van der Waals surface area (Å²) in [4.78, 5) is 0. The van der Waals surface area contributed by atoms with Gasteiger partial charge in [0.2, 0.25) is 0 Å². The van der Waals surface area contributed by atoms with E-state index in [-0.39, 0.29) is 91.6 Å². The molecule has 0 fully saturated rings. The van der Waals surface area contributed by atoms with E-state index in [1.807, 2.05) is 0 Å². The first kappa shape index (κ1) is 27.8. The van der Waals surface area contributed by atoms with E-state index in [1.165, 1.54) is 0 Å². The fourth-order valence-electron chi connectivity index (χ4n) is 0. The van der Waals surface area contributed by atoms with Crippen LogP contribution in [0.1, 0.15) is 0 Å². The van der Waals surface area contributed by atoms with Crippen LogP contribution in [0.25, 0.3) is 0 Å². The van der Waals surface area contributed by atoms with Crippen LogP contribution in [0.5, 0.6) is 0 Å². The molecule has 0 heterocycles. The van der Waals surface area contributed by atoms with E-state index in [1.54, 1.807) is 0 Å². The van der Waals surface area contributed by atoms with Crippen LogP contribution in [0, 0.1) is 0 Å². The molecule has 0 atom stereocenters. The van der Waals surface area contributed by atoms with Gasteiger partial charge in [0, 0.05) is 41.9 Å². The fraction of sp³-hybridized carbons (Fsp3) is 0. The van der Waals surface area contributed by atoms with Gasteiger partial charge in [-0.05, 0) is 0 Å². The quantitative estimate of drug-likeness (QED) is 0.381. The van der Waals surface area contributed by atoms with E-state index >= 15 is 0 Å². The van der Waals surface area contributed by atoms with Gasteiger partial charge < -0.3 is 0 Å². The van der Waals surface area contributed by atoms with Crippen molar-refractivity contribution in [2.24, 2.45) is 0 Å². The van der Waals surface area contributed by atoms with Crippen molar-refractivity contribution < 1.29 is 41.9 Å². The SMILES string of the molecule is [Ag].[InH3].[SnH4].[Zn]. The average molecular weight is 414 g/mol. The van der Waals surface area contributed by atoms with Crippen LogP contribution in [-0.4, -0.2) is 49.8 Å². The molecule has 0 aliphatic carbocycles. The Balaban J connectivity index is 0. The molecule has 0 aromatic heterocycles. The summed E-state index contributed by atoms with van der Waals surface area (Å²) in [5, 5.41) is 0. The second kappa shape index (κ2) is 16.6. The average Bonchev–Trinajstić information content (AvgIpc) is 0. The first-order chi connectivity index (χ1) is 0. The van der Waals surface area contributed by atoms with Gasteiger partial charge in [-0.2, -0.15) is 0 Å². The summed E-state index contributed by atoms with van der Waals surface area (Å²) in [6.07, 6.45) is 0. The van der Waals surface area contributed by atoms with E-state index in [0.717, 1.165) is 0 Å². The predicted octanol–water partition coefficient (Wildman–Crippen LogP) is -2.64. The zero-order chi connectivity index (χ0) is 0. The normalized spacial score (nSPS) is 0. The summed E-state index contributed by atoms with van der Waals surface area (Å²) in [7, 11) is 0. The molecule has 0 bridgehead atoms. The van der Waals surface area contributed by atoms with Crippen LogP contribution in [-0.2, 0) is 41.9 Å². The molecule has 0 aromatic carbocycles. The molecule has 4 heavy (non-hydrogen) atoms. The van der Waals surface area contributed by atoms with Crippen LogP contribution in [0.3, 0.4) is 0 Å². The molecule has 0 N–H and O–H groups in total. The Kier molecular flexibility index (Phi) is 116. The molecule has 0 aliphatic heterocycles. The summed E-state index contributed by atoms with van der Waals surface area (Å²) in [5.74, 6) is 0. The topological polar surface area (TPSA) is 0 Å². The molecule has 27 valence electrons. The molecule has 1 radical (unpaired) electrons. The van der Waals surface area contributed by atoms with Gasteiger partial charge in [-0.25, -0.2) is 0 Å². The second-order valence-electron chi connectivity index (χ2n) is 0. The zero-order valence-electron chi connectivity index (χ0n) is 1.01. The van der Waals surface area contributed by atoms with E-state index in [2.05, 4.69) is 0 Å². The van der Waals surface area contributed by atoms with Crippen LogP contribution < -0.4 is 0 Å². The summed E-state index contributed by atoms with van der Waals surface area (Å²) in [5.41, 5.74) is 0. The van der Waals surface area contributed by atoms with Gasteiger partial charge in [0.25, 0.3) is 0 Å². The van der Waals surface area contributed by atoms with Crippen molar-refractivity contribution in [3.8, 4) is 0 Å². The van der Waals surface area contributed by atoms with E-state index in [9.17, 15) is 0 Å². The third kappa shape index (κ3) is 8.90. The van der Waals surface area contributed by atoms with E-state index < -0.39 is 0 Å². The van der Waals surface area contributed by atoms with Gasteiger partial charge in [-0.3, -0.25) is 0 Å². The summed E-state index contributed by atoms with van der Waals surface area (Å²) in [6.45, 7) is 0. The Bertz CT molecular complexity index is 8.00. The molecule has 0 spiro atoms. The van der Waals surface area contributed by atoms with E-state index in [4.69, 9.17) is 0 Å². The van der Waals surface area contributed by atoms with Crippen molar-refractivity contribution in [3.63, 3.8) is 0 Å². The number of hydrogen-bond donors (Lipinski definition) is 0. The Labute approximate surface area is 89.9 Å². The summed E-state index contributed by atoms with van der Waals surface area (Å²) in [6, 6.07) is 0. The van der Waals surface area contributed by atoms with Crippen LogP contribution in [0.15, 0.2) is 0 Å². The molecular weight excluding hydrogens is 407 g/mol. The largest absolute Gasteiger partial charge is 0 e. The molecule has 0 aromatic rings. The van der Waals surface area contributed by atoms with Crippen molar-refractivity contribution in [2.45, 2.75) is 0 Å². The smallest absolute Gasteiger partial charge is 0 e. The Morgan fingerprint density at radius 1 is 1.00 bits per heavy atom. The Morgan fingerprint density at radius 2 is 1.00 bits per heavy atom. The molecular formula is H7AgInSnZn. The first-order valence-electron chi connectivity index (χ1n) is 0. The summed E-state index contributed by atoms with van der Waals surface area (Å²) < 4.78 is 0. The third-order valence-corrected chi connectivity index (χ3v) is 0. The Morgan fingerprint density at radius 3 is 1.00 bits per heavy atom. The second-order valence-corrected chi connectivity index (χ2v) is 0. The van der Waals surface area contributed by atoms with E-state index in [0.29, 0.717) is 0 Å². The number of rotatable bonds is 0. The monoisotopic (exact) mass is 413 g/mol. The maximum Gasteiger partial charge on any atom is 0 e. The molecule has 0 aliphatic rings. The zero-order valence-corrected chi connectivity index (χ0v) is 5.46. The van der Waals surface area contributed by atoms with Gasteiger partial charge in [0.1, 0.15) is 0 Å². The van der Waals surface area contributed by atoms with Gasteiger partial charge in [0.05, 0.1) is 0 Å². The van der Waals surface area contributed by atoms with Gasteiger partial charge in [-0.1, -0.05) is 0 Å². The van der Waals surface area contributed by atoms with Gasteiger partial charge >= 0.3 is 49.8 Å². The van der Waals surface area contributed by atoms with Crippen LogP contribution >= 0.6 is 0 Å². The van der Waals surface area contributed by atoms with Crippen molar-refractivity contribution in [1.29, 1.82) is 0 Å². The minimum Gasteiger partial charge on any atom is 0 e. The summed E-state index contributed by atoms with van der Waals surface area (Å²) >= 11 is 0. The third-order valence-electron chi connectivity index (χ3n) is 0. The van der Waals surface area contributed by atoms with Gasteiger partial charge in [-0.15, -0.1) is 0 Å². The predicted molar refractivity (Wildman–Crippen MR) is 21.3 cm³/mol. The molecule has 0 amide bonds. The fourth-order valence-corrected chi connectivity index (χ4v) is 0. The van der Waals surface area contributed by atoms with Crippen molar-refractivity contribution in [1.82, 2.24) is 0 Å². The van der Waals surface area contributed by atoms with Crippen molar-refractivity contribution in [3.05, 3.63) is 0 Å². The number of hydrogen-bond acceptors (Lipinski definition) is 0. The van der Waals surface area contributed by atoms with Crippen LogP contribution in [0.2, 0.25) is 0 Å².